The molecule has 5 heteroatoms. The highest BCUT2D eigenvalue weighted by Gasteiger charge is 2.40. The minimum Gasteiger partial charge on any atom is -0.394 e. The number of aliphatic hydroxyl groups excluding tert-OH is 3. The van der Waals surface area contributed by atoms with E-state index in [1.54, 1.807) is 0 Å². The molecule has 0 bridgehead atoms. The van der Waals surface area contributed by atoms with Gasteiger partial charge in [-0.2, -0.15) is 0 Å². The molecule has 0 spiro atoms. The number of allylic oxidation sites excluding steroid dienone is 2. The Morgan fingerprint density at radius 3 is 1.93 bits per heavy atom. The summed E-state index contributed by atoms with van der Waals surface area (Å²) in [6.07, 6.45) is 19.4. The smallest absolute Gasteiger partial charge is 0.114 e. The summed E-state index contributed by atoms with van der Waals surface area (Å²) in [7, 11) is 0. The second-order valence-corrected chi connectivity index (χ2v) is 8.39. The van der Waals surface area contributed by atoms with Gasteiger partial charge in [0.1, 0.15) is 24.4 Å². The second kappa shape index (κ2) is 18.3. The molecule has 3 N–H and O–H groups in total. The van der Waals surface area contributed by atoms with Crippen molar-refractivity contribution in [3.63, 3.8) is 0 Å². The zero-order valence-corrected chi connectivity index (χ0v) is 18.6. The predicted molar refractivity (Wildman–Crippen MR) is 118 cm³/mol. The Kier molecular flexibility index (Phi) is 16.8. The van der Waals surface area contributed by atoms with Gasteiger partial charge in [-0.1, -0.05) is 76.9 Å². The molecular weight excluding hydrogens is 368 g/mol. The third kappa shape index (κ3) is 12.7. The molecule has 5 nitrogen and oxygen atoms in total. The molecule has 29 heavy (non-hydrogen) atoms. The van der Waals surface area contributed by atoms with Crippen LogP contribution in [0.4, 0.5) is 0 Å². The fraction of sp³-hybridized carbons (Fsp3) is 0.917. The van der Waals surface area contributed by atoms with Crippen LogP contribution in [0.1, 0.15) is 96.8 Å². The van der Waals surface area contributed by atoms with Gasteiger partial charge in [-0.15, -0.1) is 0 Å². The van der Waals surface area contributed by atoms with Crippen LogP contribution >= 0.6 is 0 Å². The van der Waals surface area contributed by atoms with Gasteiger partial charge in [0.25, 0.3) is 0 Å². The van der Waals surface area contributed by atoms with E-state index in [2.05, 4.69) is 19.1 Å². The molecule has 4 atom stereocenters. The quantitative estimate of drug-likeness (QED) is 0.214. The lowest BCUT2D eigenvalue weighted by Gasteiger charge is -2.24. The van der Waals surface area contributed by atoms with Crippen molar-refractivity contribution in [2.45, 2.75) is 121 Å². The lowest BCUT2D eigenvalue weighted by atomic mass is 10.1. The number of ether oxygens (including phenoxy) is 2. The summed E-state index contributed by atoms with van der Waals surface area (Å²) in [6, 6.07) is 0. The average molecular weight is 415 g/mol. The van der Waals surface area contributed by atoms with Gasteiger partial charge in [0, 0.05) is 6.61 Å². The van der Waals surface area contributed by atoms with E-state index in [1.165, 1.54) is 77.0 Å². The van der Waals surface area contributed by atoms with Crippen LogP contribution in [0, 0.1) is 0 Å². The highest BCUT2D eigenvalue weighted by molar-refractivity contribution is 4.88. The summed E-state index contributed by atoms with van der Waals surface area (Å²) >= 11 is 0. The van der Waals surface area contributed by atoms with Gasteiger partial charge in [0.05, 0.1) is 13.2 Å². The molecule has 1 fully saturated rings. The molecule has 0 amide bonds. The molecule has 1 aliphatic heterocycles. The zero-order chi connectivity index (χ0) is 21.2. The average Bonchev–Trinajstić information content (AvgIpc) is 3.06. The summed E-state index contributed by atoms with van der Waals surface area (Å²) in [5.41, 5.74) is 0. The normalized spacial score (nSPS) is 23.2. The van der Waals surface area contributed by atoms with Crippen molar-refractivity contribution >= 4 is 0 Å². The van der Waals surface area contributed by atoms with Crippen LogP contribution in [0.25, 0.3) is 0 Å². The van der Waals surface area contributed by atoms with Crippen molar-refractivity contribution in [1.29, 1.82) is 0 Å². The van der Waals surface area contributed by atoms with Gasteiger partial charge < -0.3 is 24.8 Å². The van der Waals surface area contributed by atoms with Crippen molar-refractivity contribution in [1.82, 2.24) is 0 Å². The maximum atomic E-state index is 9.83. The van der Waals surface area contributed by atoms with Crippen molar-refractivity contribution in [2.24, 2.45) is 0 Å². The molecule has 0 saturated carbocycles. The third-order valence-corrected chi connectivity index (χ3v) is 5.72. The topological polar surface area (TPSA) is 79.2 Å². The molecule has 0 aromatic heterocycles. The van der Waals surface area contributed by atoms with E-state index in [0.29, 0.717) is 6.61 Å². The van der Waals surface area contributed by atoms with E-state index in [1.807, 2.05) is 0 Å². The van der Waals surface area contributed by atoms with Crippen LogP contribution in [0.15, 0.2) is 12.2 Å². The van der Waals surface area contributed by atoms with Crippen LogP contribution in [0.5, 0.6) is 0 Å². The van der Waals surface area contributed by atoms with E-state index < -0.39 is 24.4 Å². The second-order valence-electron chi connectivity index (χ2n) is 8.39. The van der Waals surface area contributed by atoms with Gasteiger partial charge in [0.2, 0.25) is 0 Å². The maximum Gasteiger partial charge on any atom is 0.114 e. The first kappa shape index (κ1) is 26.6. The molecule has 0 aromatic rings. The predicted octanol–water partition coefficient (Wildman–Crippen LogP) is 4.52. The maximum absolute atomic E-state index is 9.83. The monoisotopic (exact) mass is 414 g/mol. The first-order valence-corrected chi connectivity index (χ1v) is 12.1. The fourth-order valence-electron chi connectivity index (χ4n) is 3.79. The molecule has 1 rings (SSSR count). The van der Waals surface area contributed by atoms with Crippen LogP contribution in [0.3, 0.4) is 0 Å². The minimum absolute atomic E-state index is 0.0977. The Hall–Kier alpha value is -0.460. The number of aliphatic hydroxyl groups is 3. The molecule has 0 radical (unpaired) electrons. The molecule has 1 saturated heterocycles. The third-order valence-electron chi connectivity index (χ3n) is 5.72. The van der Waals surface area contributed by atoms with Crippen LogP contribution in [-0.4, -0.2) is 59.6 Å². The van der Waals surface area contributed by atoms with Crippen molar-refractivity contribution in [3.8, 4) is 0 Å². The van der Waals surface area contributed by atoms with Crippen molar-refractivity contribution < 1.29 is 24.8 Å². The Bertz CT molecular complexity index is 387. The molecule has 1 heterocycles. The first-order valence-electron chi connectivity index (χ1n) is 12.1. The number of unbranched alkanes of at least 4 members (excludes halogenated alkanes) is 12. The van der Waals surface area contributed by atoms with Gasteiger partial charge in [-0.05, 0) is 32.1 Å². The van der Waals surface area contributed by atoms with Crippen LogP contribution < -0.4 is 0 Å². The van der Waals surface area contributed by atoms with Crippen LogP contribution in [0.2, 0.25) is 0 Å². The molecule has 0 unspecified atom stereocenters. The lowest BCUT2D eigenvalue weighted by molar-refractivity contribution is -0.101. The lowest BCUT2D eigenvalue weighted by Crippen LogP contribution is -2.42. The summed E-state index contributed by atoms with van der Waals surface area (Å²) in [5, 5.41) is 28.8. The van der Waals surface area contributed by atoms with Crippen LogP contribution in [-0.2, 0) is 9.47 Å². The highest BCUT2D eigenvalue weighted by Crippen LogP contribution is 2.20. The Labute approximate surface area is 178 Å². The zero-order valence-electron chi connectivity index (χ0n) is 18.6. The Morgan fingerprint density at radius 1 is 0.862 bits per heavy atom. The largest absolute Gasteiger partial charge is 0.394 e. The van der Waals surface area contributed by atoms with E-state index in [0.717, 1.165) is 12.8 Å². The van der Waals surface area contributed by atoms with Gasteiger partial charge >= 0.3 is 0 Å². The highest BCUT2D eigenvalue weighted by atomic mass is 16.6. The Morgan fingerprint density at radius 2 is 1.41 bits per heavy atom. The van der Waals surface area contributed by atoms with Gasteiger partial charge in [-0.25, -0.2) is 0 Å². The standard InChI is InChI=1S/C24H46O5/c1-2-3-4-5-6-7-8-9-10-11-12-13-14-15-16-17-18-28-22(19-25)24-23(27)21(26)20-29-24/h8-9,21-27H,2-7,10-20H2,1H3/b9-8+/t21-,22+,23-,24-/m0/s1. The molecule has 0 aromatic carbocycles. The first-order chi connectivity index (χ1) is 14.2. The molecular formula is C24H46O5. The molecule has 1 aliphatic rings. The SMILES string of the molecule is CCCCCCC/C=C/CCCCCCCCCO[C@H](CO)[C@@H]1OC[C@H](O)[C@@H]1O. The summed E-state index contributed by atoms with van der Waals surface area (Å²) in [6.45, 7) is 2.70. The van der Waals surface area contributed by atoms with Gasteiger partial charge in [0.15, 0.2) is 0 Å². The number of hydrogen-bond acceptors (Lipinski definition) is 5. The molecule has 172 valence electrons. The Balaban J connectivity index is 1.85. The van der Waals surface area contributed by atoms with Gasteiger partial charge in [-0.3, -0.25) is 0 Å². The summed E-state index contributed by atoms with van der Waals surface area (Å²) in [5.74, 6) is 0. The van der Waals surface area contributed by atoms with Crippen molar-refractivity contribution in [3.05, 3.63) is 12.2 Å². The van der Waals surface area contributed by atoms with E-state index in [9.17, 15) is 15.3 Å². The van der Waals surface area contributed by atoms with Crippen molar-refractivity contribution in [2.75, 3.05) is 19.8 Å². The van der Waals surface area contributed by atoms with E-state index in [-0.39, 0.29) is 13.2 Å². The summed E-state index contributed by atoms with van der Waals surface area (Å²) in [4.78, 5) is 0. The van der Waals surface area contributed by atoms with E-state index in [4.69, 9.17) is 9.47 Å². The molecule has 0 aliphatic carbocycles. The summed E-state index contributed by atoms with van der Waals surface area (Å²) < 4.78 is 11.0. The fourth-order valence-corrected chi connectivity index (χ4v) is 3.79. The minimum atomic E-state index is -0.979. The number of rotatable bonds is 19. The van der Waals surface area contributed by atoms with E-state index >= 15 is 0 Å². The number of hydrogen-bond donors (Lipinski definition) is 3.